The van der Waals surface area contributed by atoms with E-state index in [4.69, 9.17) is 16.0 Å². The first-order valence-corrected chi connectivity index (χ1v) is 10.8. The Kier molecular flexibility index (Phi) is 5.51. The molecule has 168 valence electrons. The summed E-state index contributed by atoms with van der Waals surface area (Å²) < 4.78 is 40.1. The van der Waals surface area contributed by atoms with Crippen molar-refractivity contribution in [3.05, 3.63) is 58.1 Å². The van der Waals surface area contributed by atoms with E-state index >= 15 is 0 Å². The molecule has 1 heterocycles. The Morgan fingerprint density at radius 3 is 2.38 bits per heavy atom. The lowest BCUT2D eigenvalue weighted by atomic mass is 9.82. The van der Waals surface area contributed by atoms with Gasteiger partial charge in [-0.15, -0.1) is 0 Å². The zero-order valence-electron chi connectivity index (χ0n) is 18.1. The second kappa shape index (κ2) is 7.90. The number of cyclic esters (lactones) is 1. The summed E-state index contributed by atoms with van der Waals surface area (Å²) in [5.74, 6) is 2.34. The van der Waals surface area contributed by atoms with Crippen molar-refractivity contribution < 1.29 is 28.2 Å². The maximum absolute atomic E-state index is 14.7. The van der Waals surface area contributed by atoms with Crippen LogP contribution in [0.3, 0.4) is 0 Å². The van der Waals surface area contributed by atoms with Crippen LogP contribution in [0.25, 0.3) is 4.85 Å². The smallest absolute Gasteiger partial charge is 0.337 e. The van der Waals surface area contributed by atoms with E-state index in [1.165, 1.54) is 6.08 Å². The van der Waals surface area contributed by atoms with Gasteiger partial charge in [-0.25, -0.2) is 20.1 Å². The molecule has 0 amide bonds. The lowest BCUT2D eigenvalue weighted by Crippen LogP contribution is -2.40. The number of ether oxygens (including phenoxy) is 2. The highest BCUT2D eigenvalue weighted by molar-refractivity contribution is 5.83. The molecule has 7 heteroatoms. The van der Waals surface area contributed by atoms with E-state index in [-0.39, 0.29) is 29.2 Å². The van der Waals surface area contributed by atoms with Gasteiger partial charge in [0.1, 0.15) is 28.6 Å². The maximum Gasteiger partial charge on any atom is 0.337 e. The highest BCUT2D eigenvalue weighted by Gasteiger charge is 2.56. The number of hydrogen-bond acceptors (Lipinski definition) is 4. The van der Waals surface area contributed by atoms with Gasteiger partial charge in [0.15, 0.2) is 0 Å². The monoisotopic (exact) mass is 441 g/mol. The van der Waals surface area contributed by atoms with Crippen LogP contribution in [0.4, 0.5) is 8.78 Å². The minimum atomic E-state index is -1.53. The number of halogens is 2. The molecule has 1 aromatic carbocycles. The van der Waals surface area contributed by atoms with Crippen molar-refractivity contribution in [2.24, 2.45) is 5.92 Å². The number of rotatable bonds is 4. The maximum atomic E-state index is 14.7. The van der Waals surface area contributed by atoms with E-state index < -0.39 is 34.5 Å². The number of esters is 1. The first kappa shape index (κ1) is 22.3. The minimum absolute atomic E-state index is 0.0346. The predicted molar refractivity (Wildman–Crippen MR) is 112 cm³/mol. The molecule has 2 saturated carbocycles. The van der Waals surface area contributed by atoms with Crippen molar-refractivity contribution in [2.45, 2.75) is 75.7 Å². The van der Waals surface area contributed by atoms with Crippen molar-refractivity contribution in [3.8, 4) is 11.8 Å². The molecule has 1 aliphatic heterocycles. The van der Waals surface area contributed by atoms with Crippen LogP contribution < -0.4 is 0 Å². The molecule has 1 unspecified atom stereocenters. The van der Waals surface area contributed by atoms with Crippen molar-refractivity contribution in [2.75, 3.05) is 0 Å². The molecule has 1 aromatic rings. The summed E-state index contributed by atoms with van der Waals surface area (Å²) >= 11 is 0. The van der Waals surface area contributed by atoms with E-state index in [9.17, 15) is 18.7 Å². The molecule has 0 saturated heterocycles. The van der Waals surface area contributed by atoms with E-state index in [1.807, 2.05) is 0 Å². The van der Waals surface area contributed by atoms with Gasteiger partial charge in [0.05, 0.1) is 6.08 Å². The van der Waals surface area contributed by atoms with Crippen LogP contribution in [0.1, 0.15) is 69.9 Å². The average Bonchev–Trinajstić information content (AvgIpc) is 3.25. The highest BCUT2D eigenvalue weighted by atomic mass is 19.1. The topological polar surface area (TPSA) is 60.1 Å². The van der Waals surface area contributed by atoms with Gasteiger partial charge in [0.2, 0.25) is 5.79 Å². The summed E-state index contributed by atoms with van der Waals surface area (Å²) in [7, 11) is 0. The zero-order valence-corrected chi connectivity index (χ0v) is 18.1. The van der Waals surface area contributed by atoms with E-state index in [0.717, 1.165) is 37.8 Å². The Morgan fingerprint density at radius 1 is 1.22 bits per heavy atom. The normalized spacial score (nSPS) is 23.0. The molecule has 2 fully saturated rings. The number of aliphatic hydroxyl groups is 1. The molecule has 0 bridgehead atoms. The van der Waals surface area contributed by atoms with Crippen LogP contribution in [-0.4, -0.2) is 22.5 Å². The van der Waals surface area contributed by atoms with Crippen molar-refractivity contribution in [3.63, 3.8) is 0 Å². The first-order chi connectivity index (χ1) is 15.1. The van der Waals surface area contributed by atoms with Gasteiger partial charge < -0.3 is 19.4 Å². The third-order valence-electron chi connectivity index (χ3n) is 6.34. The minimum Gasteiger partial charge on any atom is -0.457 e. The van der Waals surface area contributed by atoms with Crippen molar-refractivity contribution in [1.82, 2.24) is 0 Å². The fraction of sp³-hybridized carbons (Fsp3) is 0.520. The Morgan fingerprint density at radius 2 is 1.84 bits per heavy atom. The summed E-state index contributed by atoms with van der Waals surface area (Å²) in [6.07, 6.45) is 5.42. The summed E-state index contributed by atoms with van der Waals surface area (Å²) in [5.41, 5.74) is -2.75. The van der Waals surface area contributed by atoms with Gasteiger partial charge in [-0.2, -0.15) is 0 Å². The third kappa shape index (κ3) is 4.36. The Labute approximate surface area is 186 Å². The lowest BCUT2D eigenvalue weighted by molar-refractivity contribution is -0.207. The average molecular weight is 441 g/mol. The summed E-state index contributed by atoms with van der Waals surface area (Å²) in [6.45, 7) is 10.5. The van der Waals surface area contributed by atoms with Crippen LogP contribution in [0, 0.1) is 36.0 Å². The number of nitrogens with zero attached hydrogens (tertiary/aromatic N) is 1. The van der Waals surface area contributed by atoms with Crippen LogP contribution in [-0.2, 0) is 19.8 Å². The van der Waals surface area contributed by atoms with Gasteiger partial charge in [0.25, 0.3) is 5.54 Å². The molecule has 1 N–H and O–H groups in total. The van der Waals surface area contributed by atoms with Crippen LogP contribution >= 0.6 is 0 Å². The Hall–Kier alpha value is -2.90. The standard InChI is InChI=1S/C25H25F2NO4/c1-23(2)31-18(14-21(29)32-23)15-25(30,17-6-4-5-7-17)9-8-16-12-19(26)22(20(27)13-16)24(28-3)10-11-24/h12-14,17,30H,4-7,10-11,15H2,1-2H3. The van der Waals surface area contributed by atoms with Gasteiger partial charge >= 0.3 is 5.97 Å². The molecular formula is C25H25F2NO4. The third-order valence-corrected chi connectivity index (χ3v) is 6.34. The van der Waals surface area contributed by atoms with Crippen molar-refractivity contribution >= 4 is 5.97 Å². The highest BCUT2D eigenvalue weighted by Crippen LogP contribution is 2.51. The Bertz CT molecular complexity index is 1060. The molecule has 5 nitrogen and oxygen atoms in total. The molecule has 3 aliphatic rings. The van der Waals surface area contributed by atoms with Crippen molar-refractivity contribution in [1.29, 1.82) is 0 Å². The lowest BCUT2D eigenvalue weighted by Gasteiger charge is -2.35. The van der Waals surface area contributed by atoms with Crippen LogP contribution in [0.2, 0.25) is 0 Å². The molecule has 4 rings (SSSR count). The van der Waals surface area contributed by atoms with E-state index in [2.05, 4.69) is 16.7 Å². The van der Waals surface area contributed by atoms with Gasteiger partial charge in [-0.1, -0.05) is 24.7 Å². The molecule has 0 spiro atoms. The number of hydrogen-bond donors (Lipinski definition) is 1. The van der Waals surface area contributed by atoms with Gasteiger partial charge in [0, 0.05) is 38.7 Å². The number of benzene rings is 1. The van der Waals surface area contributed by atoms with Crippen LogP contribution in [0.5, 0.6) is 0 Å². The van der Waals surface area contributed by atoms with E-state index in [1.54, 1.807) is 13.8 Å². The SMILES string of the molecule is [C-]#[N+]C1(c2c(F)cc(C#CC(O)(CC3=CC(=O)OC(C)(C)O3)C3CCCC3)cc2F)CC1. The number of carbonyl (C=O) groups is 1. The molecule has 2 aliphatic carbocycles. The summed E-state index contributed by atoms with van der Waals surface area (Å²) in [4.78, 5) is 15.3. The van der Waals surface area contributed by atoms with Gasteiger partial charge in [-0.3, -0.25) is 0 Å². The molecule has 0 aromatic heterocycles. The molecular weight excluding hydrogens is 416 g/mol. The zero-order chi connectivity index (χ0) is 23.1. The summed E-state index contributed by atoms with van der Waals surface area (Å²) in [5, 5.41) is 11.5. The van der Waals surface area contributed by atoms with E-state index in [0.29, 0.717) is 12.8 Å². The van der Waals surface area contributed by atoms with Crippen LogP contribution in [0.15, 0.2) is 24.0 Å². The second-order valence-electron chi connectivity index (χ2n) is 9.32. The number of carbonyl (C=O) groups excluding carboxylic acids is 1. The molecule has 1 atom stereocenters. The largest absolute Gasteiger partial charge is 0.457 e. The second-order valence-corrected chi connectivity index (χ2v) is 9.32. The fourth-order valence-electron chi connectivity index (χ4n) is 4.62. The van der Waals surface area contributed by atoms with Gasteiger partial charge in [-0.05, 0) is 30.9 Å². The Balaban J connectivity index is 1.65. The molecule has 0 radical (unpaired) electrons. The fourth-order valence-corrected chi connectivity index (χ4v) is 4.62. The predicted octanol–water partition coefficient (Wildman–Crippen LogP) is 4.73. The quantitative estimate of drug-likeness (QED) is 0.417. The first-order valence-electron chi connectivity index (χ1n) is 10.8. The summed E-state index contributed by atoms with van der Waals surface area (Å²) in [6, 6.07) is 2.23. The molecule has 32 heavy (non-hydrogen) atoms.